The van der Waals surface area contributed by atoms with Crippen LogP contribution in [0.25, 0.3) is 11.0 Å². The highest BCUT2D eigenvalue weighted by Crippen LogP contribution is 2.33. The maximum absolute atomic E-state index is 13.0. The molecule has 2 aliphatic rings. The zero-order valence-electron chi connectivity index (χ0n) is 17.7. The van der Waals surface area contributed by atoms with Crippen molar-refractivity contribution in [1.82, 2.24) is 14.5 Å². The van der Waals surface area contributed by atoms with E-state index in [1.807, 2.05) is 69.8 Å². The molecule has 0 radical (unpaired) electrons. The Bertz CT molecular complexity index is 1120. The first-order valence-electron chi connectivity index (χ1n) is 10.8. The first kappa shape index (κ1) is 19.8. The van der Waals surface area contributed by atoms with Gasteiger partial charge in [0.15, 0.2) is 0 Å². The number of rotatable bonds is 4. The molecule has 3 heterocycles. The van der Waals surface area contributed by atoms with Gasteiger partial charge in [-0.3, -0.25) is 9.59 Å². The minimum absolute atomic E-state index is 0.0568. The predicted octanol–water partition coefficient (Wildman–Crippen LogP) is 2.72. The third-order valence-electron chi connectivity index (χ3n) is 6.18. The molecule has 7 nitrogen and oxygen atoms in total. The van der Waals surface area contributed by atoms with E-state index >= 15 is 0 Å². The number of hydrogen-bond donors (Lipinski definition) is 0. The molecule has 160 valence electrons. The standard InChI is InChI=1S/C24H26N4O3/c1-17-6-8-19(9-7-17)27-15-18(14-22(27)29)24-25-20-4-2-3-5-21(20)28(24)16-23(30)26-10-12-31-13-11-26/h2-9,18H,10-16H2,1H3. The van der Waals surface area contributed by atoms with E-state index in [2.05, 4.69) is 0 Å². The van der Waals surface area contributed by atoms with Crippen molar-refractivity contribution in [1.29, 1.82) is 0 Å². The molecule has 5 rings (SSSR count). The maximum Gasteiger partial charge on any atom is 0.242 e. The second kappa shape index (κ2) is 8.15. The fourth-order valence-electron chi connectivity index (χ4n) is 4.47. The molecule has 0 bridgehead atoms. The van der Waals surface area contributed by atoms with Crippen molar-refractivity contribution in [3.63, 3.8) is 0 Å². The number of aromatic nitrogens is 2. The Hall–Kier alpha value is -3.19. The molecule has 0 aliphatic carbocycles. The van der Waals surface area contributed by atoms with Gasteiger partial charge in [-0.05, 0) is 31.2 Å². The molecule has 2 fully saturated rings. The summed E-state index contributed by atoms with van der Waals surface area (Å²) in [5.41, 5.74) is 3.86. The molecular formula is C24H26N4O3. The summed E-state index contributed by atoms with van der Waals surface area (Å²) < 4.78 is 7.38. The third kappa shape index (κ3) is 3.81. The summed E-state index contributed by atoms with van der Waals surface area (Å²) in [5, 5.41) is 0. The minimum atomic E-state index is -0.0568. The summed E-state index contributed by atoms with van der Waals surface area (Å²) in [6.07, 6.45) is 0.392. The number of ether oxygens (including phenoxy) is 1. The molecule has 2 aromatic carbocycles. The number of aryl methyl sites for hydroxylation is 1. The van der Waals surface area contributed by atoms with E-state index < -0.39 is 0 Å². The van der Waals surface area contributed by atoms with E-state index in [9.17, 15) is 9.59 Å². The molecule has 1 aromatic heterocycles. The summed E-state index contributed by atoms with van der Waals surface area (Å²) in [4.78, 5) is 34.4. The van der Waals surface area contributed by atoms with Crippen LogP contribution in [0, 0.1) is 6.92 Å². The van der Waals surface area contributed by atoms with Crippen LogP contribution in [0.15, 0.2) is 48.5 Å². The van der Waals surface area contributed by atoms with Gasteiger partial charge in [0, 0.05) is 37.7 Å². The Balaban J connectivity index is 1.45. The van der Waals surface area contributed by atoms with Gasteiger partial charge in [-0.2, -0.15) is 0 Å². The maximum atomic E-state index is 13.0. The van der Waals surface area contributed by atoms with Crippen molar-refractivity contribution in [2.75, 3.05) is 37.7 Å². The van der Waals surface area contributed by atoms with Crippen molar-refractivity contribution in [2.24, 2.45) is 0 Å². The average molecular weight is 418 g/mol. The summed E-state index contributed by atoms with van der Waals surface area (Å²) in [5.74, 6) is 0.906. The van der Waals surface area contributed by atoms with Crippen LogP contribution in [0.2, 0.25) is 0 Å². The van der Waals surface area contributed by atoms with E-state index in [1.54, 1.807) is 0 Å². The van der Waals surface area contributed by atoms with Crippen LogP contribution < -0.4 is 4.90 Å². The molecule has 2 saturated heterocycles. The largest absolute Gasteiger partial charge is 0.378 e. The normalized spacial score (nSPS) is 19.4. The lowest BCUT2D eigenvalue weighted by molar-refractivity contribution is -0.135. The van der Waals surface area contributed by atoms with Crippen LogP contribution in [0.4, 0.5) is 5.69 Å². The zero-order chi connectivity index (χ0) is 21.4. The first-order chi connectivity index (χ1) is 15.1. The van der Waals surface area contributed by atoms with E-state index in [0.717, 1.165) is 28.1 Å². The Morgan fingerprint density at radius 2 is 1.84 bits per heavy atom. The predicted molar refractivity (Wildman–Crippen MR) is 118 cm³/mol. The van der Waals surface area contributed by atoms with Crippen LogP contribution in [-0.2, 0) is 20.9 Å². The molecule has 0 N–H and O–H groups in total. The molecule has 7 heteroatoms. The van der Waals surface area contributed by atoms with Gasteiger partial charge in [-0.25, -0.2) is 4.98 Å². The molecule has 0 spiro atoms. The number of fused-ring (bicyclic) bond motifs is 1. The highest BCUT2D eigenvalue weighted by Gasteiger charge is 2.35. The highest BCUT2D eigenvalue weighted by atomic mass is 16.5. The summed E-state index contributed by atoms with van der Waals surface area (Å²) >= 11 is 0. The van der Waals surface area contributed by atoms with Crippen LogP contribution in [0.5, 0.6) is 0 Å². The highest BCUT2D eigenvalue weighted by molar-refractivity contribution is 5.96. The number of carbonyl (C=O) groups is 2. The molecule has 0 saturated carbocycles. The van der Waals surface area contributed by atoms with Crippen LogP contribution in [-0.4, -0.2) is 59.1 Å². The van der Waals surface area contributed by atoms with Crippen LogP contribution in [0.3, 0.4) is 0 Å². The molecule has 31 heavy (non-hydrogen) atoms. The molecule has 1 atom stereocenters. The first-order valence-corrected chi connectivity index (χ1v) is 10.8. The number of imidazole rings is 1. The Morgan fingerprint density at radius 3 is 2.61 bits per heavy atom. The van der Waals surface area contributed by atoms with Gasteiger partial charge in [-0.15, -0.1) is 0 Å². The lowest BCUT2D eigenvalue weighted by Crippen LogP contribution is -2.42. The van der Waals surface area contributed by atoms with Crippen molar-refractivity contribution in [3.8, 4) is 0 Å². The van der Waals surface area contributed by atoms with Gasteiger partial charge < -0.3 is 19.1 Å². The second-order valence-electron chi connectivity index (χ2n) is 8.28. The monoisotopic (exact) mass is 418 g/mol. The van der Waals surface area contributed by atoms with Gasteiger partial charge in [-0.1, -0.05) is 29.8 Å². The number of carbonyl (C=O) groups excluding carboxylic acids is 2. The van der Waals surface area contributed by atoms with E-state index in [1.165, 1.54) is 0 Å². The van der Waals surface area contributed by atoms with E-state index in [-0.39, 0.29) is 24.3 Å². The quantitative estimate of drug-likeness (QED) is 0.653. The van der Waals surface area contributed by atoms with Crippen LogP contribution >= 0.6 is 0 Å². The number of para-hydroxylation sites is 2. The fraction of sp³-hybridized carbons (Fsp3) is 0.375. The van der Waals surface area contributed by atoms with Gasteiger partial charge in [0.2, 0.25) is 11.8 Å². The van der Waals surface area contributed by atoms with Crippen molar-refractivity contribution < 1.29 is 14.3 Å². The van der Waals surface area contributed by atoms with E-state index in [0.29, 0.717) is 39.3 Å². The van der Waals surface area contributed by atoms with Crippen LogP contribution in [0.1, 0.15) is 23.7 Å². The number of anilines is 1. The lowest BCUT2D eigenvalue weighted by atomic mass is 10.1. The SMILES string of the molecule is Cc1ccc(N2CC(c3nc4ccccc4n3CC(=O)N3CCOCC3)CC2=O)cc1. The fourth-order valence-corrected chi connectivity index (χ4v) is 4.47. The number of benzene rings is 2. The third-order valence-corrected chi connectivity index (χ3v) is 6.18. The number of hydrogen-bond acceptors (Lipinski definition) is 4. The zero-order valence-corrected chi connectivity index (χ0v) is 17.7. The van der Waals surface area contributed by atoms with Crippen molar-refractivity contribution >= 4 is 28.5 Å². The van der Waals surface area contributed by atoms with Gasteiger partial charge >= 0.3 is 0 Å². The lowest BCUT2D eigenvalue weighted by Gasteiger charge is -2.27. The van der Waals surface area contributed by atoms with E-state index in [4.69, 9.17) is 9.72 Å². The summed E-state index contributed by atoms with van der Waals surface area (Å²) in [6.45, 7) is 5.21. The molecule has 2 aliphatic heterocycles. The Morgan fingerprint density at radius 1 is 1.10 bits per heavy atom. The van der Waals surface area contributed by atoms with Gasteiger partial charge in [0.25, 0.3) is 0 Å². The number of nitrogens with zero attached hydrogens (tertiary/aromatic N) is 4. The molecule has 3 aromatic rings. The molecule has 2 amide bonds. The Labute approximate surface area is 181 Å². The van der Waals surface area contributed by atoms with Gasteiger partial charge in [0.05, 0.1) is 24.2 Å². The number of amides is 2. The minimum Gasteiger partial charge on any atom is -0.378 e. The van der Waals surface area contributed by atoms with Gasteiger partial charge in [0.1, 0.15) is 12.4 Å². The average Bonchev–Trinajstić information content (AvgIpc) is 3.35. The number of morpholine rings is 1. The smallest absolute Gasteiger partial charge is 0.242 e. The molecule has 1 unspecified atom stereocenters. The summed E-state index contributed by atoms with van der Waals surface area (Å²) in [6, 6.07) is 15.9. The van der Waals surface area contributed by atoms with Crippen molar-refractivity contribution in [2.45, 2.75) is 25.8 Å². The molecular weight excluding hydrogens is 392 g/mol. The summed E-state index contributed by atoms with van der Waals surface area (Å²) in [7, 11) is 0. The van der Waals surface area contributed by atoms with Crippen molar-refractivity contribution in [3.05, 3.63) is 59.9 Å². The Kier molecular flexibility index (Phi) is 5.19. The topological polar surface area (TPSA) is 67.7 Å². The second-order valence-corrected chi connectivity index (χ2v) is 8.28.